The van der Waals surface area contributed by atoms with Gasteiger partial charge in [0.05, 0.1) is 13.0 Å². The molecule has 0 bridgehead atoms. The van der Waals surface area contributed by atoms with Crippen LogP contribution in [0.15, 0.2) is 109 Å². The van der Waals surface area contributed by atoms with E-state index in [0.717, 1.165) is 77.0 Å². The number of allylic oxidation sites excluding steroid dienone is 17. The average molecular weight is 945 g/mol. The van der Waals surface area contributed by atoms with Gasteiger partial charge in [0.15, 0.2) is 12.4 Å². The molecule has 0 aromatic heterocycles. The zero-order valence-corrected chi connectivity index (χ0v) is 40.8. The fraction of sp³-hybridized carbons (Fsp3) is 0.623. The number of rotatable bonds is 39. The van der Waals surface area contributed by atoms with Crippen molar-refractivity contribution >= 4 is 22.1 Å². The first-order valence-corrected chi connectivity index (χ1v) is 26.1. The minimum atomic E-state index is -4.62. The van der Waals surface area contributed by atoms with Gasteiger partial charge in [0.2, 0.25) is 0 Å². The summed E-state index contributed by atoms with van der Waals surface area (Å²) in [5, 5.41) is 30.9. The van der Waals surface area contributed by atoms with Crippen molar-refractivity contribution in [2.75, 3.05) is 19.0 Å². The van der Waals surface area contributed by atoms with Crippen LogP contribution in [0.3, 0.4) is 0 Å². The summed E-state index contributed by atoms with van der Waals surface area (Å²) in [6, 6.07) is 0. The van der Waals surface area contributed by atoms with E-state index in [9.17, 15) is 37.9 Å². The lowest BCUT2D eigenvalue weighted by molar-refractivity contribution is -0.297. The Morgan fingerprint density at radius 2 is 0.955 bits per heavy atom. The van der Waals surface area contributed by atoms with Gasteiger partial charge in [-0.25, -0.2) is 0 Å². The SMILES string of the molecule is CC/C=C\C/C=C\C/C=C\C/C=C\C/C=C\CC(=O)OC(COC(=O)CCCCCCCCCCCC/C=C\C/C=C\C/C=C\C/C=C\CC)COC1OC(CS(=O)(=O)O)C(O)C(O)C1O. The van der Waals surface area contributed by atoms with Gasteiger partial charge in [-0.15, -0.1) is 0 Å². The van der Waals surface area contributed by atoms with Crippen LogP contribution in [-0.4, -0.2) is 96.0 Å². The van der Waals surface area contributed by atoms with Gasteiger partial charge in [-0.3, -0.25) is 14.1 Å². The summed E-state index contributed by atoms with van der Waals surface area (Å²) in [5.74, 6) is -2.16. The highest BCUT2D eigenvalue weighted by Crippen LogP contribution is 2.24. The highest BCUT2D eigenvalue weighted by Gasteiger charge is 2.46. The summed E-state index contributed by atoms with van der Waals surface area (Å²) in [7, 11) is -4.62. The summed E-state index contributed by atoms with van der Waals surface area (Å²) in [5.41, 5.74) is 0. The molecule has 1 fully saturated rings. The number of unbranched alkanes of at least 4 members (excludes halogenated alkanes) is 10. The number of aliphatic hydroxyl groups excluding tert-OH is 3. The molecule has 1 rings (SSSR count). The lowest BCUT2D eigenvalue weighted by Crippen LogP contribution is -2.60. The Hall–Kier alpha value is -3.69. The van der Waals surface area contributed by atoms with Gasteiger partial charge >= 0.3 is 11.9 Å². The molecule has 0 radical (unpaired) electrons. The first kappa shape index (κ1) is 60.3. The van der Waals surface area contributed by atoms with Gasteiger partial charge in [-0.1, -0.05) is 175 Å². The van der Waals surface area contributed by atoms with E-state index in [1.54, 1.807) is 6.08 Å². The fourth-order valence-electron chi connectivity index (χ4n) is 6.68. The number of ether oxygens (including phenoxy) is 4. The van der Waals surface area contributed by atoms with Crippen molar-refractivity contribution in [3.05, 3.63) is 109 Å². The molecule has 4 N–H and O–H groups in total. The molecule has 12 nitrogen and oxygen atoms in total. The Labute approximate surface area is 397 Å². The Kier molecular flexibility index (Phi) is 37.9. The molecule has 0 aromatic carbocycles. The molecule has 0 aromatic rings. The number of esters is 2. The summed E-state index contributed by atoms with van der Waals surface area (Å²) < 4.78 is 54.0. The van der Waals surface area contributed by atoms with Crippen LogP contribution < -0.4 is 0 Å². The standard InChI is InChI=1S/C53H84O12S/c1-3-5-7-9-11-13-15-17-19-20-21-22-23-24-25-26-28-29-31-33-35-37-39-41-48(54)62-43-46(44-63-53-52(58)51(57)50(56)47(65-53)45-66(59,60)61)64-49(55)42-40-38-36-34-32-30-27-18-16-14-12-10-8-6-4-2/h5-8,11-14,17-19,21-22,27,32,34,38,40,46-47,50-53,56-58H,3-4,9-10,15-16,20,23-26,28-31,33,35-37,39,41-45H2,1-2H3,(H,59,60,61)/b7-5-,8-6-,13-11-,14-12-,19-17-,22-21-,27-18-,34-32-,40-38-. The molecule has 0 saturated carbocycles. The van der Waals surface area contributed by atoms with Crippen molar-refractivity contribution in [1.82, 2.24) is 0 Å². The van der Waals surface area contributed by atoms with E-state index in [2.05, 4.69) is 98.9 Å². The Morgan fingerprint density at radius 3 is 1.42 bits per heavy atom. The highest BCUT2D eigenvalue weighted by atomic mass is 32.2. The number of aliphatic hydroxyl groups is 3. The lowest BCUT2D eigenvalue weighted by atomic mass is 10.00. The fourth-order valence-corrected chi connectivity index (χ4v) is 7.37. The van der Waals surface area contributed by atoms with Crippen molar-refractivity contribution in [1.29, 1.82) is 0 Å². The molecule has 1 heterocycles. The topological polar surface area (TPSA) is 186 Å². The molecule has 0 spiro atoms. The predicted octanol–water partition coefficient (Wildman–Crippen LogP) is 10.8. The van der Waals surface area contributed by atoms with Crippen molar-refractivity contribution in [3.8, 4) is 0 Å². The Bertz CT molecular complexity index is 1620. The van der Waals surface area contributed by atoms with Gasteiger partial charge in [0.25, 0.3) is 10.1 Å². The van der Waals surface area contributed by atoms with Crippen molar-refractivity contribution in [3.63, 3.8) is 0 Å². The molecular weight excluding hydrogens is 861 g/mol. The minimum absolute atomic E-state index is 0.0749. The maximum Gasteiger partial charge on any atom is 0.310 e. The van der Waals surface area contributed by atoms with Crippen molar-refractivity contribution in [2.24, 2.45) is 0 Å². The van der Waals surface area contributed by atoms with Gasteiger partial charge in [0, 0.05) is 6.42 Å². The normalized spacial score (nSPS) is 20.4. The van der Waals surface area contributed by atoms with E-state index >= 15 is 0 Å². The average Bonchev–Trinajstić information content (AvgIpc) is 3.28. The smallest absolute Gasteiger partial charge is 0.310 e. The Balaban J connectivity index is 2.42. The zero-order valence-electron chi connectivity index (χ0n) is 40.0. The predicted molar refractivity (Wildman–Crippen MR) is 265 cm³/mol. The molecule has 13 heteroatoms. The van der Waals surface area contributed by atoms with Crippen LogP contribution in [0.5, 0.6) is 0 Å². The second-order valence-electron chi connectivity index (χ2n) is 16.4. The second-order valence-corrected chi connectivity index (χ2v) is 17.9. The van der Waals surface area contributed by atoms with Crippen LogP contribution in [0.25, 0.3) is 0 Å². The van der Waals surface area contributed by atoms with E-state index in [0.29, 0.717) is 12.8 Å². The molecular formula is C53H84O12S. The molecule has 1 aliphatic heterocycles. The molecule has 66 heavy (non-hydrogen) atoms. The third-order valence-corrected chi connectivity index (χ3v) is 11.1. The van der Waals surface area contributed by atoms with Gasteiger partial charge in [-0.2, -0.15) is 8.42 Å². The summed E-state index contributed by atoms with van der Waals surface area (Å²) >= 11 is 0. The van der Waals surface area contributed by atoms with E-state index in [1.165, 1.54) is 38.5 Å². The third kappa shape index (κ3) is 35.5. The number of hydrogen-bond donors (Lipinski definition) is 4. The monoisotopic (exact) mass is 945 g/mol. The number of carbonyl (C=O) groups excluding carboxylic acids is 2. The van der Waals surface area contributed by atoms with Crippen LogP contribution >= 0.6 is 0 Å². The van der Waals surface area contributed by atoms with E-state index in [-0.39, 0.29) is 19.4 Å². The Morgan fingerprint density at radius 1 is 0.530 bits per heavy atom. The zero-order chi connectivity index (χ0) is 48.4. The summed E-state index contributed by atoms with van der Waals surface area (Å²) in [6.07, 6.45) is 48.7. The molecule has 0 amide bonds. The van der Waals surface area contributed by atoms with Crippen LogP contribution in [0.1, 0.15) is 155 Å². The third-order valence-electron chi connectivity index (χ3n) is 10.4. The van der Waals surface area contributed by atoms with Crippen LogP contribution in [0, 0.1) is 0 Å². The van der Waals surface area contributed by atoms with E-state index in [1.807, 2.05) is 18.2 Å². The maximum atomic E-state index is 12.8. The second kappa shape index (κ2) is 41.5. The summed E-state index contributed by atoms with van der Waals surface area (Å²) in [6.45, 7) is 3.44. The van der Waals surface area contributed by atoms with Crippen LogP contribution in [-0.2, 0) is 38.7 Å². The summed E-state index contributed by atoms with van der Waals surface area (Å²) in [4.78, 5) is 25.4. The van der Waals surface area contributed by atoms with Crippen molar-refractivity contribution < 1.29 is 56.8 Å². The maximum absolute atomic E-state index is 12.8. The molecule has 6 unspecified atom stereocenters. The molecule has 1 aliphatic rings. The molecule has 6 atom stereocenters. The highest BCUT2D eigenvalue weighted by molar-refractivity contribution is 7.85. The number of hydrogen-bond acceptors (Lipinski definition) is 11. The quantitative estimate of drug-likeness (QED) is 0.0198. The van der Waals surface area contributed by atoms with E-state index < -0.39 is 71.2 Å². The van der Waals surface area contributed by atoms with Crippen LogP contribution in [0.2, 0.25) is 0 Å². The molecule has 1 saturated heterocycles. The molecule has 0 aliphatic carbocycles. The van der Waals surface area contributed by atoms with Gasteiger partial charge in [0.1, 0.15) is 36.8 Å². The lowest BCUT2D eigenvalue weighted by Gasteiger charge is -2.40. The largest absolute Gasteiger partial charge is 0.462 e. The van der Waals surface area contributed by atoms with Crippen LogP contribution in [0.4, 0.5) is 0 Å². The number of carbonyl (C=O) groups is 2. The molecule has 374 valence electrons. The van der Waals surface area contributed by atoms with Gasteiger partial charge < -0.3 is 34.3 Å². The van der Waals surface area contributed by atoms with E-state index in [4.69, 9.17) is 18.9 Å². The minimum Gasteiger partial charge on any atom is -0.462 e. The first-order chi connectivity index (χ1) is 32.0. The first-order valence-electron chi connectivity index (χ1n) is 24.4. The van der Waals surface area contributed by atoms with Crippen molar-refractivity contribution in [2.45, 2.75) is 192 Å². The van der Waals surface area contributed by atoms with Gasteiger partial charge in [-0.05, 0) is 77.0 Å².